The summed E-state index contributed by atoms with van der Waals surface area (Å²) in [5.74, 6) is 0.467. The Bertz CT molecular complexity index is 948. The summed E-state index contributed by atoms with van der Waals surface area (Å²) in [6.07, 6.45) is -1.30. The van der Waals surface area contributed by atoms with Gasteiger partial charge in [0.15, 0.2) is 0 Å². The van der Waals surface area contributed by atoms with Gasteiger partial charge in [-0.1, -0.05) is 66.7 Å². The van der Waals surface area contributed by atoms with Crippen LogP contribution < -0.4 is 5.32 Å². The van der Waals surface area contributed by atoms with Gasteiger partial charge in [0.1, 0.15) is 0 Å². The lowest BCUT2D eigenvalue weighted by Gasteiger charge is -2.34. The largest absolute Gasteiger partial charge is 0.416 e. The molecule has 0 bridgehead atoms. The van der Waals surface area contributed by atoms with Gasteiger partial charge in [0.25, 0.3) is 0 Å². The number of benzene rings is 3. The molecule has 0 radical (unpaired) electrons. The van der Waals surface area contributed by atoms with E-state index >= 15 is 0 Å². The summed E-state index contributed by atoms with van der Waals surface area (Å²) in [5.41, 5.74) is 4.23. The first-order valence-electron chi connectivity index (χ1n) is 10.5. The second-order valence-electron chi connectivity index (χ2n) is 8.03. The van der Waals surface area contributed by atoms with Crippen LogP contribution in [0.3, 0.4) is 0 Å². The highest BCUT2D eigenvalue weighted by Crippen LogP contribution is 2.41. The zero-order valence-electron chi connectivity index (χ0n) is 16.8. The maximum Gasteiger partial charge on any atom is 0.416 e. The number of halogens is 3. The second-order valence-corrected chi connectivity index (χ2v) is 8.03. The van der Waals surface area contributed by atoms with Gasteiger partial charge >= 0.3 is 6.18 Å². The van der Waals surface area contributed by atoms with Crippen molar-refractivity contribution in [3.05, 3.63) is 107 Å². The first-order valence-corrected chi connectivity index (χ1v) is 10.5. The molecule has 1 N–H and O–H groups in total. The number of hydrogen-bond acceptors (Lipinski definition) is 1. The Hall–Kier alpha value is -2.59. The Balaban J connectivity index is 1.51. The van der Waals surface area contributed by atoms with Gasteiger partial charge in [-0.2, -0.15) is 13.2 Å². The molecule has 1 aliphatic rings. The lowest BCUT2D eigenvalue weighted by Crippen LogP contribution is -2.32. The molecule has 0 spiro atoms. The standard InChI is InChI=1S/C26H26F3N/c27-26(28,29)23-14-12-21(13-15-23)25-22(11-10-20-8-4-5-9-24(20)25)18-30-17-16-19-6-2-1-3-7-19/h1-9,12-15,22,25,30H,10-11,16-18H2. The predicted octanol–water partition coefficient (Wildman–Crippen LogP) is 6.23. The minimum Gasteiger partial charge on any atom is -0.316 e. The van der Waals surface area contributed by atoms with Crippen LogP contribution >= 0.6 is 0 Å². The third-order valence-corrected chi connectivity index (χ3v) is 6.08. The third kappa shape index (κ3) is 4.76. The molecule has 0 heterocycles. The topological polar surface area (TPSA) is 12.0 Å². The van der Waals surface area contributed by atoms with E-state index in [-0.39, 0.29) is 5.92 Å². The Morgan fingerprint density at radius 1 is 0.833 bits per heavy atom. The summed E-state index contributed by atoms with van der Waals surface area (Å²) in [5, 5.41) is 3.59. The summed E-state index contributed by atoms with van der Waals surface area (Å²) >= 11 is 0. The Morgan fingerprint density at radius 2 is 1.53 bits per heavy atom. The second kappa shape index (κ2) is 9.05. The lowest BCUT2D eigenvalue weighted by molar-refractivity contribution is -0.137. The molecular weight excluding hydrogens is 383 g/mol. The normalized spacial score (nSPS) is 18.8. The molecule has 0 aromatic heterocycles. The minimum absolute atomic E-state index is 0.112. The quantitative estimate of drug-likeness (QED) is 0.476. The van der Waals surface area contributed by atoms with E-state index in [0.29, 0.717) is 5.92 Å². The maximum atomic E-state index is 13.0. The van der Waals surface area contributed by atoms with E-state index in [1.54, 1.807) is 12.1 Å². The van der Waals surface area contributed by atoms with E-state index in [4.69, 9.17) is 0 Å². The van der Waals surface area contributed by atoms with Gasteiger partial charge in [0.2, 0.25) is 0 Å². The highest BCUT2D eigenvalue weighted by atomic mass is 19.4. The molecule has 0 saturated carbocycles. The lowest BCUT2D eigenvalue weighted by atomic mass is 9.71. The van der Waals surface area contributed by atoms with Crippen LogP contribution in [0, 0.1) is 5.92 Å². The molecule has 2 atom stereocenters. The molecule has 1 nitrogen and oxygen atoms in total. The molecule has 30 heavy (non-hydrogen) atoms. The van der Waals surface area contributed by atoms with Crippen LogP contribution in [0.15, 0.2) is 78.9 Å². The summed E-state index contributed by atoms with van der Waals surface area (Å²) in [6, 6.07) is 24.5. The highest BCUT2D eigenvalue weighted by Gasteiger charge is 2.33. The molecule has 3 aromatic rings. The molecule has 4 heteroatoms. The Morgan fingerprint density at radius 3 is 2.27 bits per heavy atom. The monoisotopic (exact) mass is 409 g/mol. The Kier molecular flexibility index (Phi) is 6.24. The molecular formula is C26H26F3N. The van der Waals surface area contributed by atoms with Crippen LogP contribution in [-0.2, 0) is 19.0 Å². The van der Waals surface area contributed by atoms with Gasteiger partial charge in [0, 0.05) is 5.92 Å². The number of hydrogen-bond donors (Lipinski definition) is 1. The molecule has 4 rings (SSSR count). The van der Waals surface area contributed by atoms with Crippen molar-refractivity contribution in [2.75, 3.05) is 13.1 Å². The van der Waals surface area contributed by atoms with Gasteiger partial charge < -0.3 is 5.32 Å². The fourth-order valence-electron chi connectivity index (χ4n) is 4.54. The van der Waals surface area contributed by atoms with Crippen molar-refractivity contribution in [1.82, 2.24) is 5.32 Å². The van der Waals surface area contributed by atoms with E-state index in [1.807, 2.05) is 30.3 Å². The summed E-state index contributed by atoms with van der Waals surface area (Å²) in [6.45, 7) is 1.74. The number of aryl methyl sites for hydroxylation is 1. The summed E-state index contributed by atoms with van der Waals surface area (Å²) in [7, 11) is 0. The highest BCUT2D eigenvalue weighted by molar-refractivity contribution is 5.42. The predicted molar refractivity (Wildman–Crippen MR) is 115 cm³/mol. The van der Waals surface area contributed by atoms with E-state index in [9.17, 15) is 13.2 Å². The van der Waals surface area contributed by atoms with E-state index in [1.165, 1.54) is 28.8 Å². The molecule has 156 valence electrons. The summed E-state index contributed by atoms with van der Waals surface area (Å²) < 4.78 is 39.0. The van der Waals surface area contributed by atoms with Crippen LogP contribution in [-0.4, -0.2) is 13.1 Å². The Labute approximate surface area is 176 Å². The van der Waals surface area contributed by atoms with Crippen LogP contribution in [0.2, 0.25) is 0 Å². The molecule has 0 amide bonds. The maximum absolute atomic E-state index is 13.0. The van der Waals surface area contributed by atoms with Crippen LogP contribution in [0.1, 0.15) is 40.2 Å². The fourth-order valence-corrected chi connectivity index (χ4v) is 4.54. The first-order chi connectivity index (χ1) is 14.5. The van der Waals surface area contributed by atoms with Crippen molar-refractivity contribution in [3.63, 3.8) is 0 Å². The van der Waals surface area contributed by atoms with Crippen molar-refractivity contribution in [1.29, 1.82) is 0 Å². The van der Waals surface area contributed by atoms with Crippen molar-refractivity contribution in [2.24, 2.45) is 5.92 Å². The molecule has 0 fully saturated rings. The van der Waals surface area contributed by atoms with E-state index in [2.05, 4.69) is 29.6 Å². The summed E-state index contributed by atoms with van der Waals surface area (Å²) in [4.78, 5) is 0. The van der Waals surface area contributed by atoms with E-state index in [0.717, 1.165) is 37.9 Å². The SMILES string of the molecule is FC(F)(F)c1ccc(C2c3ccccc3CCC2CNCCc2ccccc2)cc1. The van der Waals surface area contributed by atoms with Crippen LogP contribution in [0.25, 0.3) is 0 Å². The average Bonchev–Trinajstić information content (AvgIpc) is 2.76. The number of alkyl halides is 3. The van der Waals surface area contributed by atoms with Gasteiger partial charge in [-0.05, 0) is 72.7 Å². The molecule has 3 aromatic carbocycles. The fraction of sp³-hybridized carbons (Fsp3) is 0.308. The van der Waals surface area contributed by atoms with Gasteiger partial charge in [-0.3, -0.25) is 0 Å². The van der Waals surface area contributed by atoms with Crippen molar-refractivity contribution in [3.8, 4) is 0 Å². The van der Waals surface area contributed by atoms with Crippen molar-refractivity contribution in [2.45, 2.75) is 31.4 Å². The third-order valence-electron chi connectivity index (χ3n) is 6.08. The zero-order chi connectivity index (χ0) is 21.0. The van der Waals surface area contributed by atoms with Crippen LogP contribution in [0.5, 0.6) is 0 Å². The molecule has 0 aliphatic heterocycles. The number of fused-ring (bicyclic) bond motifs is 1. The van der Waals surface area contributed by atoms with Crippen molar-refractivity contribution < 1.29 is 13.2 Å². The van der Waals surface area contributed by atoms with Crippen molar-refractivity contribution >= 4 is 0 Å². The molecule has 0 saturated heterocycles. The van der Waals surface area contributed by atoms with Gasteiger partial charge in [0.05, 0.1) is 5.56 Å². The smallest absolute Gasteiger partial charge is 0.316 e. The van der Waals surface area contributed by atoms with Gasteiger partial charge in [-0.15, -0.1) is 0 Å². The van der Waals surface area contributed by atoms with E-state index < -0.39 is 11.7 Å². The first kappa shape index (κ1) is 20.7. The number of rotatable bonds is 6. The molecule has 2 unspecified atom stereocenters. The zero-order valence-corrected chi connectivity index (χ0v) is 16.8. The van der Waals surface area contributed by atoms with Crippen LogP contribution in [0.4, 0.5) is 13.2 Å². The number of nitrogens with one attached hydrogen (secondary N) is 1. The molecule has 1 aliphatic carbocycles. The minimum atomic E-state index is -4.30. The van der Waals surface area contributed by atoms with Gasteiger partial charge in [-0.25, -0.2) is 0 Å². The average molecular weight is 409 g/mol.